The van der Waals surface area contributed by atoms with Crippen LogP contribution < -0.4 is 0 Å². The molecule has 0 heterocycles. The van der Waals surface area contributed by atoms with Gasteiger partial charge in [0, 0.05) is 20.9 Å². The van der Waals surface area contributed by atoms with Gasteiger partial charge in [-0.25, -0.2) is 8.78 Å². The molecular formula is C13H9ClF2OS. The van der Waals surface area contributed by atoms with E-state index in [0.717, 1.165) is 17.8 Å². The van der Waals surface area contributed by atoms with Crippen LogP contribution in [0.5, 0.6) is 0 Å². The molecule has 1 nitrogen and oxygen atoms in total. The lowest BCUT2D eigenvalue weighted by Crippen LogP contribution is -1.89. The summed E-state index contributed by atoms with van der Waals surface area (Å²) in [4.78, 5) is 0.987. The molecule has 94 valence electrons. The van der Waals surface area contributed by atoms with Crippen molar-refractivity contribution in [2.75, 3.05) is 0 Å². The molecule has 2 rings (SSSR count). The van der Waals surface area contributed by atoms with Gasteiger partial charge in [0.25, 0.3) is 0 Å². The van der Waals surface area contributed by atoms with Gasteiger partial charge >= 0.3 is 0 Å². The normalized spacial score (nSPS) is 10.7. The Labute approximate surface area is 112 Å². The van der Waals surface area contributed by atoms with E-state index in [2.05, 4.69) is 0 Å². The number of hydrogen-bond acceptors (Lipinski definition) is 2. The zero-order chi connectivity index (χ0) is 13.1. The van der Waals surface area contributed by atoms with Crippen molar-refractivity contribution in [2.45, 2.75) is 16.4 Å². The van der Waals surface area contributed by atoms with Crippen LogP contribution >= 0.6 is 23.4 Å². The molecule has 0 aliphatic heterocycles. The van der Waals surface area contributed by atoms with Crippen molar-refractivity contribution >= 4 is 23.4 Å². The number of aliphatic hydroxyl groups excluding tert-OH is 1. The predicted octanol–water partition coefficient (Wildman–Crippen LogP) is 4.26. The molecule has 0 bridgehead atoms. The molecule has 0 fully saturated rings. The monoisotopic (exact) mass is 286 g/mol. The number of aliphatic hydroxyl groups is 1. The molecule has 0 saturated heterocycles. The molecule has 5 heteroatoms. The highest BCUT2D eigenvalue weighted by Gasteiger charge is 2.09. The lowest BCUT2D eigenvalue weighted by Gasteiger charge is -2.08. The largest absolute Gasteiger partial charge is 0.392 e. The molecule has 0 amide bonds. The second-order valence-corrected chi connectivity index (χ2v) is 5.11. The Bertz CT molecular complexity index is 575. The van der Waals surface area contributed by atoms with E-state index in [1.807, 2.05) is 0 Å². The number of halogens is 3. The van der Waals surface area contributed by atoms with E-state index in [9.17, 15) is 13.9 Å². The average Bonchev–Trinajstić information content (AvgIpc) is 2.34. The predicted molar refractivity (Wildman–Crippen MR) is 67.9 cm³/mol. The van der Waals surface area contributed by atoms with Crippen LogP contribution in [0.3, 0.4) is 0 Å². The zero-order valence-corrected chi connectivity index (χ0v) is 10.7. The Hall–Kier alpha value is -1.10. The smallest absolute Gasteiger partial charge is 0.140 e. The molecule has 0 unspecified atom stereocenters. The van der Waals surface area contributed by atoms with Gasteiger partial charge in [-0.1, -0.05) is 23.4 Å². The van der Waals surface area contributed by atoms with Gasteiger partial charge in [-0.3, -0.25) is 0 Å². The van der Waals surface area contributed by atoms with Crippen LogP contribution in [0.2, 0.25) is 5.02 Å². The van der Waals surface area contributed by atoms with Crippen LogP contribution in [0.25, 0.3) is 0 Å². The topological polar surface area (TPSA) is 20.2 Å². The van der Waals surface area contributed by atoms with E-state index in [0.29, 0.717) is 20.4 Å². The molecule has 0 aliphatic rings. The van der Waals surface area contributed by atoms with Gasteiger partial charge in [-0.05, 0) is 35.9 Å². The molecule has 0 aliphatic carbocycles. The molecular weight excluding hydrogens is 278 g/mol. The summed E-state index contributed by atoms with van der Waals surface area (Å²) < 4.78 is 26.3. The Morgan fingerprint density at radius 1 is 1.06 bits per heavy atom. The molecule has 0 saturated carbocycles. The van der Waals surface area contributed by atoms with Crippen LogP contribution in [-0.2, 0) is 6.61 Å². The molecule has 0 radical (unpaired) electrons. The van der Waals surface area contributed by atoms with Crippen LogP contribution in [0.1, 0.15) is 5.56 Å². The molecule has 0 aromatic heterocycles. The second-order valence-electron chi connectivity index (χ2n) is 3.59. The Kier molecular flexibility index (Phi) is 4.22. The summed E-state index contributed by atoms with van der Waals surface area (Å²) in [5.74, 6) is -1.24. The summed E-state index contributed by atoms with van der Waals surface area (Å²) in [6.07, 6.45) is 0. The third kappa shape index (κ3) is 3.02. The quantitative estimate of drug-likeness (QED) is 0.910. The minimum Gasteiger partial charge on any atom is -0.392 e. The number of hydrogen-bond donors (Lipinski definition) is 1. The first-order valence-corrected chi connectivity index (χ1v) is 6.32. The average molecular weight is 287 g/mol. The van der Waals surface area contributed by atoms with E-state index in [-0.39, 0.29) is 6.61 Å². The van der Waals surface area contributed by atoms with E-state index >= 15 is 0 Å². The molecule has 2 aromatic rings. The maximum atomic E-state index is 13.5. The summed E-state index contributed by atoms with van der Waals surface area (Å²) in [7, 11) is 0. The van der Waals surface area contributed by atoms with Crippen LogP contribution in [0.15, 0.2) is 46.2 Å². The van der Waals surface area contributed by atoms with Crippen LogP contribution in [0.4, 0.5) is 8.78 Å². The Balaban J connectivity index is 2.33. The standard InChI is InChI=1S/C13H9ClF2OS/c14-9-1-3-12(8(5-9)7-17)18-13-4-2-10(15)6-11(13)16/h1-6,17H,7H2. The second kappa shape index (κ2) is 5.69. The molecule has 18 heavy (non-hydrogen) atoms. The fourth-order valence-electron chi connectivity index (χ4n) is 1.45. The van der Waals surface area contributed by atoms with Gasteiger partial charge in [0.2, 0.25) is 0 Å². The molecule has 1 N–H and O–H groups in total. The fraction of sp³-hybridized carbons (Fsp3) is 0.0769. The van der Waals surface area contributed by atoms with Gasteiger partial charge in [0.15, 0.2) is 0 Å². The Morgan fingerprint density at radius 3 is 2.44 bits per heavy atom. The third-order valence-corrected chi connectivity index (χ3v) is 3.71. The van der Waals surface area contributed by atoms with Crippen molar-refractivity contribution in [2.24, 2.45) is 0 Å². The highest BCUT2D eigenvalue weighted by Crippen LogP contribution is 2.33. The van der Waals surface area contributed by atoms with E-state index in [1.54, 1.807) is 18.2 Å². The maximum Gasteiger partial charge on any atom is 0.140 e. The summed E-state index contributed by atoms with van der Waals surface area (Å²) in [5, 5.41) is 9.71. The zero-order valence-electron chi connectivity index (χ0n) is 9.16. The van der Waals surface area contributed by atoms with Crippen molar-refractivity contribution in [3.05, 3.63) is 58.6 Å². The van der Waals surface area contributed by atoms with E-state index in [4.69, 9.17) is 11.6 Å². The summed E-state index contributed by atoms with van der Waals surface area (Å²) in [6.45, 7) is -0.189. The molecule has 0 spiro atoms. The van der Waals surface area contributed by atoms with Crippen molar-refractivity contribution in [1.29, 1.82) is 0 Å². The van der Waals surface area contributed by atoms with Gasteiger partial charge < -0.3 is 5.11 Å². The minimum atomic E-state index is -0.626. The first-order chi connectivity index (χ1) is 8.60. The lowest BCUT2D eigenvalue weighted by atomic mass is 10.2. The lowest BCUT2D eigenvalue weighted by molar-refractivity contribution is 0.279. The first-order valence-electron chi connectivity index (χ1n) is 5.12. The SMILES string of the molecule is OCc1cc(Cl)ccc1Sc1ccc(F)cc1F. The van der Waals surface area contributed by atoms with Crippen LogP contribution in [-0.4, -0.2) is 5.11 Å². The van der Waals surface area contributed by atoms with Gasteiger partial charge in [0.1, 0.15) is 11.6 Å². The minimum absolute atomic E-state index is 0.189. The summed E-state index contributed by atoms with van der Waals surface area (Å²) >= 11 is 6.93. The van der Waals surface area contributed by atoms with Gasteiger partial charge in [0.05, 0.1) is 6.61 Å². The highest BCUT2D eigenvalue weighted by atomic mass is 35.5. The van der Waals surface area contributed by atoms with E-state index in [1.165, 1.54) is 12.1 Å². The van der Waals surface area contributed by atoms with Crippen LogP contribution in [0, 0.1) is 11.6 Å². The van der Waals surface area contributed by atoms with Crippen molar-refractivity contribution in [3.63, 3.8) is 0 Å². The third-order valence-electron chi connectivity index (χ3n) is 2.31. The summed E-state index contributed by atoms with van der Waals surface area (Å²) in [5.41, 5.74) is 0.608. The Morgan fingerprint density at radius 2 is 1.78 bits per heavy atom. The van der Waals surface area contributed by atoms with Crippen molar-refractivity contribution in [3.8, 4) is 0 Å². The first kappa shape index (κ1) is 13.3. The molecule has 2 aromatic carbocycles. The van der Waals surface area contributed by atoms with Crippen molar-refractivity contribution in [1.82, 2.24) is 0 Å². The number of rotatable bonds is 3. The molecule has 0 atom stereocenters. The van der Waals surface area contributed by atoms with E-state index < -0.39 is 11.6 Å². The fourth-order valence-corrected chi connectivity index (χ4v) is 2.56. The van der Waals surface area contributed by atoms with Crippen molar-refractivity contribution < 1.29 is 13.9 Å². The maximum absolute atomic E-state index is 13.5. The summed E-state index contributed by atoms with van der Waals surface area (Å²) in [6, 6.07) is 8.36. The van der Waals surface area contributed by atoms with Gasteiger partial charge in [-0.2, -0.15) is 0 Å². The highest BCUT2D eigenvalue weighted by molar-refractivity contribution is 7.99. The number of benzene rings is 2. The van der Waals surface area contributed by atoms with Gasteiger partial charge in [-0.15, -0.1) is 0 Å².